The molecule has 3 rings (SSSR count). The summed E-state index contributed by atoms with van der Waals surface area (Å²) in [5.41, 5.74) is 10.5. The monoisotopic (exact) mass is 302 g/mol. The second kappa shape index (κ2) is 7.10. The molecule has 1 aliphatic rings. The third kappa shape index (κ3) is 3.98. The Bertz CT molecular complexity index is 767. The van der Waals surface area contributed by atoms with Crippen LogP contribution in [0.2, 0.25) is 0 Å². The number of aryl methyl sites for hydroxylation is 1. The fourth-order valence-electron chi connectivity index (χ4n) is 2.73. The predicted octanol–water partition coefficient (Wildman–Crippen LogP) is 5.48. The van der Waals surface area contributed by atoms with Crippen LogP contribution in [-0.2, 0) is 0 Å². The van der Waals surface area contributed by atoms with Crippen LogP contribution in [-0.4, -0.2) is 5.71 Å². The molecule has 0 amide bonds. The SMILES string of the molecule is CC1=CCC(CC(=NNc2ccccc2C)c2ccccc2)=C1. The van der Waals surface area contributed by atoms with Gasteiger partial charge in [-0.25, -0.2) is 0 Å². The average Bonchev–Trinajstić information content (AvgIpc) is 2.99. The van der Waals surface area contributed by atoms with Crippen molar-refractivity contribution in [1.29, 1.82) is 0 Å². The molecule has 2 nitrogen and oxygen atoms in total. The van der Waals surface area contributed by atoms with Gasteiger partial charge in [0, 0.05) is 6.42 Å². The molecule has 0 bridgehead atoms. The van der Waals surface area contributed by atoms with E-state index >= 15 is 0 Å². The molecule has 0 radical (unpaired) electrons. The van der Waals surface area contributed by atoms with Crippen LogP contribution in [0.15, 0.2) is 83.0 Å². The lowest BCUT2D eigenvalue weighted by Gasteiger charge is -2.10. The Morgan fingerprint density at radius 1 is 1.00 bits per heavy atom. The Balaban J connectivity index is 1.84. The van der Waals surface area contributed by atoms with E-state index in [0.29, 0.717) is 0 Å². The van der Waals surface area contributed by atoms with Gasteiger partial charge in [0.25, 0.3) is 0 Å². The second-order valence-electron chi connectivity index (χ2n) is 5.98. The third-order valence-corrected chi connectivity index (χ3v) is 4.08. The minimum Gasteiger partial charge on any atom is -0.278 e. The van der Waals surface area contributed by atoms with Crippen LogP contribution in [0.4, 0.5) is 5.69 Å². The zero-order valence-electron chi connectivity index (χ0n) is 13.7. The summed E-state index contributed by atoms with van der Waals surface area (Å²) in [6, 6.07) is 18.6. The largest absolute Gasteiger partial charge is 0.278 e. The van der Waals surface area contributed by atoms with Crippen LogP contribution in [0.1, 0.15) is 30.9 Å². The molecule has 0 spiro atoms. The number of nitrogens with zero attached hydrogens (tertiary/aromatic N) is 1. The van der Waals surface area contributed by atoms with Gasteiger partial charge in [-0.05, 0) is 37.5 Å². The predicted molar refractivity (Wildman–Crippen MR) is 98.9 cm³/mol. The van der Waals surface area contributed by atoms with Crippen molar-refractivity contribution in [2.75, 3.05) is 5.43 Å². The van der Waals surface area contributed by atoms with Crippen LogP contribution in [0.3, 0.4) is 0 Å². The molecule has 2 heteroatoms. The van der Waals surface area contributed by atoms with Crippen molar-refractivity contribution in [3.05, 3.63) is 89.0 Å². The maximum Gasteiger partial charge on any atom is 0.0720 e. The van der Waals surface area contributed by atoms with E-state index in [-0.39, 0.29) is 0 Å². The van der Waals surface area contributed by atoms with Gasteiger partial charge in [0.2, 0.25) is 0 Å². The number of allylic oxidation sites excluding steroid dienone is 4. The Morgan fingerprint density at radius 3 is 2.43 bits per heavy atom. The molecular weight excluding hydrogens is 280 g/mol. The number of rotatable bonds is 5. The molecule has 0 heterocycles. The molecule has 0 saturated carbocycles. The average molecular weight is 302 g/mol. The molecule has 0 fully saturated rings. The van der Waals surface area contributed by atoms with Crippen molar-refractivity contribution < 1.29 is 0 Å². The van der Waals surface area contributed by atoms with E-state index in [0.717, 1.165) is 24.2 Å². The molecule has 1 aliphatic carbocycles. The molecule has 0 atom stereocenters. The lowest BCUT2D eigenvalue weighted by atomic mass is 10.0. The van der Waals surface area contributed by atoms with Gasteiger partial charge >= 0.3 is 0 Å². The molecule has 116 valence electrons. The number of hydrogen-bond acceptors (Lipinski definition) is 2. The Morgan fingerprint density at radius 2 is 1.74 bits per heavy atom. The van der Waals surface area contributed by atoms with Crippen LogP contribution in [0.25, 0.3) is 0 Å². The molecule has 1 N–H and O–H groups in total. The van der Waals surface area contributed by atoms with Gasteiger partial charge in [-0.2, -0.15) is 5.10 Å². The third-order valence-electron chi connectivity index (χ3n) is 4.08. The van der Waals surface area contributed by atoms with Crippen molar-refractivity contribution in [2.24, 2.45) is 5.10 Å². The maximum absolute atomic E-state index is 4.72. The molecule has 2 aromatic carbocycles. The van der Waals surface area contributed by atoms with E-state index in [2.05, 4.69) is 67.8 Å². The molecule has 2 aromatic rings. The van der Waals surface area contributed by atoms with Crippen molar-refractivity contribution >= 4 is 11.4 Å². The highest BCUT2D eigenvalue weighted by atomic mass is 15.3. The van der Waals surface area contributed by atoms with Crippen LogP contribution < -0.4 is 5.43 Å². The van der Waals surface area contributed by atoms with Crippen molar-refractivity contribution in [3.63, 3.8) is 0 Å². The smallest absolute Gasteiger partial charge is 0.0720 e. The van der Waals surface area contributed by atoms with Gasteiger partial charge in [-0.15, -0.1) is 0 Å². The summed E-state index contributed by atoms with van der Waals surface area (Å²) in [5, 5.41) is 4.72. The fraction of sp³-hybridized carbons (Fsp3) is 0.190. The first-order valence-corrected chi connectivity index (χ1v) is 8.02. The number of anilines is 1. The number of benzene rings is 2. The van der Waals surface area contributed by atoms with E-state index in [4.69, 9.17) is 5.10 Å². The second-order valence-corrected chi connectivity index (χ2v) is 5.98. The minimum atomic E-state index is 0.872. The number of para-hydroxylation sites is 1. The summed E-state index contributed by atoms with van der Waals surface area (Å²) in [4.78, 5) is 0. The summed E-state index contributed by atoms with van der Waals surface area (Å²) < 4.78 is 0. The first-order chi connectivity index (χ1) is 11.2. The lowest BCUT2D eigenvalue weighted by Crippen LogP contribution is -2.06. The van der Waals surface area contributed by atoms with E-state index < -0.39 is 0 Å². The summed E-state index contributed by atoms with van der Waals surface area (Å²) in [6.07, 6.45) is 6.44. The van der Waals surface area contributed by atoms with E-state index in [1.165, 1.54) is 22.3 Å². The zero-order valence-corrected chi connectivity index (χ0v) is 13.7. The van der Waals surface area contributed by atoms with Gasteiger partial charge in [-0.1, -0.05) is 71.8 Å². The van der Waals surface area contributed by atoms with Gasteiger partial charge in [0.05, 0.1) is 11.4 Å². The van der Waals surface area contributed by atoms with Crippen LogP contribution in [0, 0.1) is 6.92 Å². The molecule has 0 saturated heterocycles. The standard InChI is InChI=1S/C21H22N2/c1-16-12-13-18(14-16)15-21(19-9-4-3-5-10-19)23-22-20-11-7-6-8-17(20)2/h3-12,14,22H,13,15H2,1-2H3. The van der Waals surface area contributed by atoms with E-state index in [1.54, 1.807) is 0 Å². The van der Waals surface area contributed by atoms with E-state index in [9.17, 15) is 0 Å². The van der Waals surface area contributed by atoms with Gasteiger partial charge in [0.15, 0.2) is 0 Å². The molecule has 0 aromatic heterocycles. The van der Waals surface area contributed by atoms with Crippen molar-refractivity contribution in [1.82, 2.24) is 0 Å². The Kier molecular flexibility index (Phi) is 4.72. The number of hydrogen-bond donors (Lipinski definition) is 1. The minimum absolute atomic E-state index is 0.872. The summed E-state index contributed by atoms with van der Waals surface area (Å²) in [5.74, 6) is 0. The maximum atomic E-state index is 4.72. The normalized spacial score (nSPS) is 14.4. The van der Waals surface area contributed by atoms with Crippen molar-refractivity contribution in [2.45, 2.75) is 26.7 Å². The number of nitrogens with one attached hydrogen (secondary N) is 1. The zero-order chi connectivity index (χ0) is 16.1. The summed E-state index contributed by atoms with van der Waals surface area (Å²) in [6.45, 7) is 4.24. The van der Waals surface area contributed by atoms with Crippen LogP contribution >= 0.6 is 0 Å². The quantitative estimate of drug-likeness (QED) is 0.574. The highest BCUT2D eigenvalue weighted by molar-refractivity contribution is 6.02. The Hall–Kier alpha value is -2.61. The molecule has 23 heavy (non-hydrogen) atoms. The summed E-state index contributed by atoms with van der Waals surface area (Å²) >= 11 is 0. The highest BCUT2D eigenvalue weighted by Gasteiger charge is 2.10. The summed E-state index contributed by atoms with van der Waals surface area (Å²) in [7, 11) is 0. The van der Waals surface area contributed by atoms with Crippen molar-refractivity contribution in [3.8, 4) is 0 Å². The van der Waals surface area contributed by atoms with E-state index in [1.807, 2.05) is 18.2 Å². The number of hydrazone groups is 1. The molecule has 0 unspecified atom stereocenters. The lowest BCUT2D eigenvalue weighted by molar-refractivity contribution is 1.15. The highest BCUT2D eigenvalue weighted by Crippen LogP contribution is 2.22. The first-order valence-electron chi connectivity index (χ1n) is 8.02. The van der Waals surface area contributed by atoms with Gasteiger partial charge in [-0.3, -0.25) is 5.43 Å². The first kappa shape index (κ1) is 15.3. The van der Waals surface area contributed by atoms with Crippen LogP contribution in [0.5, 0.6) is 0 Å². The topological polar surface area (TPSA) is 24.4 Å². The fourth-order valence-corrected chi connectivity index (χ4v) is 2.73. The van der Waals surface area contributed by atoms with Gasteiger partial charge in [0.1, 0.15) is 0 Å². The Labute approximate surface area is 138 Å². The van der Waals surface area contributed by atoms with Gasteiger partial charge < -0.3 is 0 Å². The molecular formula is C21H22N2. The molecule has 0 aliphatic heterocycles.